The number of carbonyl (C=O) groups excluding carboxylic acids is 1. The van der Waals surface area contributed by atoms with Crippen molar-refractivity contribution >= 4 is 17.2 Å². The fourth-order valence-electron chi connectivity index (χ4n) is 6.46. The fraction of sp³-hybridized carbons (Fsp3) is 0.333. The summed E-state index contributed by atoms with van der Waals surface area (Å²) in [6.07, 6.45) is 2.49. The monoisotopic (exact) mass is 560 g/mol. The first-order chi connectivity index (χ1) is 19.4. The molecule has 2 unspecified atom stereocenters. The van der Waals surface area contributed by atoms with Gasteiger partial charge in [-0.3, -0.25) is 9.59 Å². The molecule has 10 heteroatoms. The molecule has 4 aromatic rings. The van der Waals surface area contributed by atoms with Gasteiger partial charge in [0.2, 0.25) is 5.43 Å². The Morgan fingerprint density at radius 2 is 1.90 bits per heavy atom. The molecule has 0 saturated carbocycles. The summed E-state index contributed by atoms with van der Waals surface area (Å²) in [4.78, 5) is 29.9. The van der Waals surface area contributed by atoms with E-state index < -0.39 is 11.6 Å². The summed E-state index contributed by atoms with van der Waals surface area (Å²) < 4.78 is 35.9. The molecule has 0 radical (unpaired) electrons. The zero-order chi connectivity index (χ0) is 27.5. The SMILES string of the molecule is C[C@@H]1CC2C3CCc4c(-c5nnc(Cc6ccc(F)cc6F)s5)c(=O)c(OCc5ccccc5)c(n43)C(=O)N2C1. The molecular formula is C30H26F2N4O3S. The highest BCUT2D eigenvalue weighted by Crippen LogP contribution is 2.46. The van der Waals surface area contributed by atoms with Gasteiger partial charge in [-0.1, -0.05) is 54.7 Å². The van der Waals surface area contributed by atoms with Gasteiger partial charge in [-0.05, 0) is 42.4 Å². The predicted molar refractivity (Wildman–Crippen MR) is 146 cm³/mol. The van der Waals surface area contributed by atoms with E-state index in [2.05, 4.69) is 17.1 Å². The topological polar surface area (TPSA) is 77.3 Å². The van der Waals surface area contributed by atoms with Gasteiger partial charge in [0.05, 0.1) is 17.6 Å². The molecule has 204 valence electrons. The molecule has 2 aromatic heterocycles. The van der Waals surface area contributed by atoms with Crippen LogP contribution in [0.2, 0.25) is 0 Å². The van der Waals surface area contributed by atoms with Gasteiger partial charge in [0.1, 0.15) is 23.2 Å². The van der Waals surface area contributed by atoms with E-state index >= 15 is 0 Å². The first-order valence-corrected chi connectivity index (χ1v) is 14.3. The van der Waals surface area contributed by atoms with Crippen molar-refractivity contribution in [2.45, 2.75) is 51.3 Å². The van der Waals surface area contributed by atoms with E-state index in [-0.39, 0.29) is 42.2 Å². The average molecular weight is 561 g/mol. The van der Waals surface area contributed by atoms with Crippen LogP contribution in [0.25, 0.3) is 10.6 Å². The van der Waals surface area contributed by atoms with E-state index in [4.69, 9.17) is 4.74 Å². The fourth-order valence-corrected chi connectivity index (χ4v) is 7.39. The first kappa shape index (κ1) is 25.1. The molecular weight excluding hydrogens is 534 g/mol. The second kappa shape index (κ2) is 9.62. The Kier molecular flexibility index (Phi) is 6.03. The van der Waals surface area contributed by atoms with Gasteiger partial charge in [0.15, 0.2) is 16.5 Å². The molecule has 1 fully saturated rings. The van der Waals surface area contributed by atoms with Gasteiger partial charge in [-0.15, -0.1) is 10.2 Å². The number of ether oxygens (including phenoxy) is 1. The second-order valence-electron chi connectivity index (χ2n) is 10.9. The van der Waals surface area contributed by atoms with E-state index in [1.807, 2.05) is 39.8 Å². The highest BCUT2D eigenvalue weighted by molar-refractivity contribution is 7.14. The van der Waals surface area contributed by atoms with Crippen molar-refractivity contribution < 1.29 is 18.3 Å². The largest absolute Gasteiger partial charge is 0.483 e. The molecule has 7 rings (SSSR count). The lowest BCUT2D eigenvalue weighted by atomic mass is 9.98. The number of nitrogens with zero attached hydrogens (tertiary/aromatic N) is 4. The Bertz CT molecular complexity index is 1700. The summed E-state index contributed by atoms with van der Waals surface area (Å²) in [7, 11) is 0. The number of benzene rings is 2. The first-order valence-electron chi connectivity index (χ1n) is 13.4. The molecule has 0 bridgehead atoms. The molecule has 3 atom stereocenters. The van der Waals surface area contributed by atoms with Gasteiger partial charge < -0.3 is 14.2 Å². The average Bonchev–Trinajstić information content (AvgIpc) is 3.67. The zero-order valence-corrected chi connectivity index (χ0v) is 22.6. The van der Waals surface area contributed by atoms with E-state index in [1.165, 1.54) is 23.5 Å². The number of halogens is 2. The zero-order valence-electron chi connectivity index (χ0n) is 21.8. The van der Waals surface area contributed by atoms with Crippen LogP contribution in [0.1, 0.15) is 58.1 Å². The van der Waals surface area contributed by atoms with Gasteiger partial charge in [0.25, 0.3) is 5.91 Å². The molecule has 7 nitrogen and oxygen atoms in total. The Morgan fingerprint density at radius 1 is 1.07 bits per heavy atom. The summed E-state index contributed by atoms with van der Waals surface area (Å²) in [6.45, 7) is 2.97. The molecule has 2 aromatic carbocycles. The Morgan fingerprint density at radius 3 is 2.70 bits per heavy atom. The van der Waals surface area contributed by atoms with Gasteiger partial charge in [-0.25, -0.2) is 8.78 Å². The van der Waals surface area contributed by atoms with Crippen LogP contribution in [0.3, 0.4) is 0 Å². The maximum Gasteiger partial charge on any atom is 0.274 e. The molecule has 3 aliphatic heterocycles. The van der Waals surface area contributed by atoms with Gasteiger partial charge >= 0.3 is 0 Å². The van der Waals surface area contributed by atoms with Crippen LogP contribution in [0.15, 0.2) is 53.3 Å². The van der Waals surface area contributed by atoms with Crippen molar-refractivity contribution in [3.8, 4) is 16.3 Å². The second-order valence-corrected chi connectivity index (χ2v) is 11.9. The molecule has 0 spiro atoms. The smallest absolute Gasteiger partial charge is 0.274 e. The summed E-state index contributed by atoms with van der Waals surface area (Å²) in [5.74, 6) is -1.04. The van der Waals surface area contributed by atoms with Crippen LogP contribution < -0.4 is 10.2 Å². The molecule has 1 saturated heterocycles. The molecule has 0 N–H and O–H groups in total. The minimum absolute atomic E-state index is 0.0406. The molecule has 1 amide bonds. The summed E-state index contributed by atoms with van der Waals surface area (Å²) >= 11 is 1.20. The van der Waals surface area contributed by atoms with E-state index in [0.29, 0.717) is 45.7 Å². The lowest BCUT2D eigenvalue weighted by Crippen LogP contribution is -2.47. The van der Waals surface area contributed by atoms with Crippen LogP contribution in [0.5, 0.6) is 5.75 Å². The van der Waals surface area contributed by atoms with Crippen molar-refractivity contribution in [1.82, 2.24) is 19.7 Å². The Hall–Kier alpha value is -3.92. The number of pyridine rings is 1. The minimum atomic E-state index is -0.655. The lowest BCUT2D eigenvalue weighted by Gasteiger charge is -2.38. The highest BCUT2D eigenvalue weighted by Gasteiger charge is 2.49. The van der Waals surface area contributed by atoms with Crippen LogP contribution in [0.4, 0.5) is 8.78 Å². The van der Waals surface area contributed by atoms with Crippen molar-refractivity contribution in [2.75, 3.05) is 6.54 Å². The number of rotatable bonds is 6. The third kappa shape index (κ3) is 4.04. The Labute approximate surface area is 233 Å². The van der Waals surface area contributed by atoms with Gasteiger partial charge in [-0.2, -0.15) is 0 Å². The molecule has 0 aliphatic carbocycles. The van der Waals surface area contributed by atoms with Crippen LogP contribution in [0, 0.1) is 17.6 Å². The normalized spacial score (nSPS) is 21.0. The molecule has 5 heterocycles. The van der Waals surface area contributed by atoms with Crippen LogP contribution in [-0.4, -0.2) is 38.2 Å². The minimum Gasteiger partial charge on any atom is -0.483 e. The van der Waals surface area contributed by atoms with Crippen molar-refractivity contribution in [2.24, 2.45) is 5.92 Å². The maximum absolute atomic E-state index is 14.3. The van der Waals surface area contributed by atoms with E-state index in [9.17, 15) is 18.4 Å². The quantitative estimate of drug-likeness (QED) is 0.325. The summed E-state index contributed by atoms with van der Waals surface area (Å²) in [5, 5.41) is 9.48. The van der Waals surface area contributed by atoms with Crippen LogP contribution >= 0.6 is 11.3 Å². The van der Waals surface area contributed by atoms with Crippen molar-refractivity contribution in [3.05, 3.63) is 97.9 Å². The van der Waals surface area contributed by atoms with Crippen LogP contribution in [-0.2, 0) is 19.4 Å². The number of amides is 1. The molecule has 3 aliphatic rings. The standard InChI is InChI=1S/C30H26F2N4O3S/c1-16-11-23-21-9-10-22-25(29-34-33-24(40-29)12-18-7-8-19(31)13-20(18)32)27(37)28(39-15-17-5-3-2-4-6-17)26(36(21)22)30(38)35(23)14-16/h2-8,13,16,21,23H,9-12,14-15H2,1H3/t16-,21?,23?/m1/s1. The van der Waals surface area contributed by atoms with Gasteiger partial charge in [0, 0.05) is 24.7 Å². The van der Waals surface area contributed by atoms with Crippen molar-refractivity contribution in [1.29, 1.82) is 0 Å². The van der Waals surface area contributed by atoms with Crippen molar-refractivity contribution in [3.63, 3.8) is 0 Å². The molecule has 40 heavy (non-hydrogen) atoms. The van der Waals surface area contributed by atoms with E-state index in [1.54, 1.807) is 0 Å². The lowest BCUT2D eigenvalue weighted by molar-refractivity contribution is 0.0607. The summed E-state index contributed by atoms with van der Waals surface area (Å²) in [5.41, 5.74) is 2.29. The number of carbonyl (C=O) groups is 1. The maximum atomic E-state index is 14.3. The number of fused-ring (bicyclic) bond motifs is 2. The third-order valence-corrected chi connectivity index (χ3v) is 9.14. The Balaban J connectivity index is 1.34. The summed E-state index contributed by atoms with van der Waals surface area (Å²) in [6, 6.07) is 13.1. The number of hydrogen-bond donors (Lipinski definition) is 0. The highest BCUT2D eigenvalue weighted by atomic mass is 32.1. The number of aromatic nitrogens is 3. The predicted octanol–water partition coefficient (Wildman–Crippen LogP) is 5.17. The van der Waals surface area contributed by atoms with E-state index in [0.717, 1.165) is 30.2 Å². The third-order valence-electron chi connectivity index (χ3n) is 8.20. The number of hydrogen-bond acceptors (Lipinski definition) is 6.